The molecule has 4 aromatic rings. The maximum absolute atomic E-state index is 12.0. The molecule has 4 heterocycles. The van der Waals surface area contributed by atoms with Crippen LogP contribution in [-0.2, 0) is 0 Å². The molecule has 11 nitrogen and oxygen atoms in total. The molecule has 1 fully saturated rings. The standard InChI is InChI=1S/C24H25ClN8O3/c1-30(2)15-7-9-31(14-15)20-11-22(36-3)18(10-21(20)33(34)35)28-24-26-13-17(25)23(29-24)16-12-27-32-8-5-4-6-19(16)32/h4-6,8,10-13,15H,7,9,14H2,1-3H3,(H,26,28,29). The van der Waals surface area contributed by atoms with E-state index >= 15 is 0 Å². The van der Waals surface area contributed by atoms with Crippen LogP contribution in [0.4, 0.5) is 23.0 Å². The van der Waals surface area contributed by atoms with Gasteiger partial charge in [-0.25, -0.2) is 14.5 Å². The number of halogens is 1. The molecule has 1 unspecified atom stereocenters. The summed E-state index contributed by atoms with van der Waals surface area (Å²) in [5, 5.41) is 19.8. The average Bonchev–Trinajstić information content (AvgIpc) is 3.53. The number of fused-ring (bicyclic) bond motifs is 1. The lowest BCUT2D eigenvalue weighted by Gasteiger charge is -2.22. The summed E-state index contributed by atoms with van der Waals surface area (Å²) in [6.45, 7) is 1.43. The third kappa shape index (κ3) is 4.38. The van der Waals surface area contributed by atoms with Gasteiger partial charge in [-0.1, -0.05) is 17.7 Å². The topological polar surface area (TPSA) is 114 Å². The van der Waals surface area contributed by atoms with E-state index in [-0.39, 0.29) is 16.6 Å². The molecule has 0 amide bonds. The molecular weight excluding hydrogens is 484 g/mol. The van der Waals surface area contributed by atoms with E-state index in [2.05, 4.69) is 25.3 Å². The number of pyridine rings is 1. The van der Waals surface area contributed by atoms with Crippen molar-refractivity contribution < 1.29 is 9.66 Å². The van der Waals surface area contributed by atoms with E-state index in [9.17, 15) is 10.1 Å². The molecule has 1 aliphatic heterocycles. The monoisotopic (exact) mass is 508 g/mol. The Hall–Kier alpha value is -3.96. The number of rotatable bonds is 7. The van der Waals surface area contributed by atoms with E-state index < -0.39 is 0 Å². The minimum Gasteiger partial charge on any atom is -0.494 e. The average molecular weight is 509 g/mol. The smallest absolute Gasteiger partial charge is 0.294 e. The Kier molecular flexibility index (Phi) is 6.33. The molecule has 0 radical (unpaired) electrons. The molecular formula is C24H25ClN8O3. The first kappa shape index (κ1) is 23.8. The maximum Gasteiger partial charge on any atom is 0.294 e. The van der Waals surface area contributed by atoms with Gasteiger partial charge in [0.05, 0.1) is 46.3 Å². The van der Waals surface area contributed by atoms with Crippen LogP contribution >= 0.6 is 11.6 Å². The number of nitro groups is 1. The van der Waals surface area contributed by atoms with Crippen molar-refractivity contribution in [3.8, 4) is 17.0 Å². The minimum atomic E-state index is -0.379. The molecule has 0 spiro atoms. The molecule has 1 aliphatic rings. The van der Waals surface area contributed by atoms with Gasteiger partial charge in [0.2, 0.25) is 5.95 Å². The van der Waals surface area contributed by atoms with Crippen LogP contribution in [0.1, 0.15) is 6.42 Å². The summed E-state index contributed by atoms with van der Waals surface area (Å²) >= 11 is 6.43. The highest BCUT2D eigenvalue weighted by atomic mass is 35.5. The fourth-order valence-electron chi connectivity index (χ4n) is 4.46. The zero-order valence-corrected chi connectivity index (χ0v) is 20.8. The van der Waals surface area contributed by atoms with Crippen LogP contribution in [0.5, 0.6) is 5.75 Å². The number of benzene rings is 1. The minimum absolute atomic E-state index is 0.0190. The van der Waals surface area contributed by atoms with Gasteiger partial charge in [0.25, 0.3) is 5.69 Å². The fraction of sp³-hybridized carbons (Fsp3) is 0.292. The molecule has 0 aliphatic carbocycles. The number of hydrogen-bond donors (Lipinski definition) is 1. The fourth-order valence-corrected chi connectivity index (χ4v) is 4.65. The summed E-state index contributed by atoms with van der Waals surface area (Å²) in [6.07, 6.45) is 5.93. The summed E-state index contributed by atoms with van der Waals surface area (Å²) < 4.78 is 7.32. The zero-order valence-electron chi connectivity index (χ0n) is 20.1. The number of hydrogen-bond acceptors (Lipinski definition) is 9. The van der Waals surface area contributed by atoms with Crippen LogP contribution in [0.3, 0.4) is 0 Å². The molecule has 1 aromatic carbocycles. The SMILES string of the molecule is COc1cc(N2CCC(N(C)C)C2)c([N+](=O)[O-])cc1Nc1ncc(Cl)c(-c2cnn3ccccc23)n1. The quantitative estimate of drug-likeness (QED) is 0.289. The van der Waals surface area contributed by atoms with Crippen LogP contribution in [0.25, 0.3) is 16.8 Å². The number of nitrogens with zero attached hydrogens (tertiary/aromatic N) is 7. The predicted molar refractivity (Wildman–Crippen MR) is 138 cm³/mol. The zero-order chi connectivity index (χ0) is 25.4. The Morgan fingerprint density at radius 1 is 1.28 bits per heavy atom. The Bertz CT molecular complexity index is 1440. The molecule has 1 atom stereocenters. The molecule has 1 N–H and O–H groups in total. The number of aromatic nitrogens is 4. The van der Waals surface area contributed by atoms with Crippen molar-refractivity contribution in [2.45, 2.75) is 12.5 Å². The van der Waals surface area contributed by atoms with Crippen molar-refractivity contribution in [2.24, 2.45) is 0 Å². The van der Waals surface area contributed by atoms with E-state index in [4.69, 9.17) is 16.3 Å². The number of anilines is 3. The van der Waals surface area contributed by atoms with Gasteiger partial charge in [0, 0.05) is 43.0 Å². The molecule has 0 bridgehead atoms. The highest BCUT2D eigenvalue weighted by molar-refractivity contribution is 6.33. The van der Waals surface area contributed by atoms with Crippen molar-refractivity contribution in [1.29, 1.82) is 0 Å². The molecule has 5 rings (SSSR count). The Morgan fingerprint density at radius 2 is 2.11 bits per heavy atom. The van der Waals surface area contributed by atoms with E-state index in [0.29, 0.717) is 40.4 Å². The van der Waals surface area contributed by atoms with Gasteiger partial charge in [-0.15, -0.1) is 0 Å². The van der Waals surface area contributed by atoms with E-state index in [1.54, 1.807) is 16.8 Å². The van der Waals surface area contributed by atoms with Crippen molar-refractivity contribution in [3.63, 3.8) is 0 Å². The lowest BCUT2D eigenvalue weighted by molar-refractivity contribution is -0.384. The summed E-state index contributed by atoms with van der Waals surface area (Å²) in [6, 6.07) is 9.18. The summed E-state index contributed by atoms with van der Waals surface area (Å²) in [5.41, 5.74) is 2.95. The summed E-state index contributed by atoms with van der Waals surface area (Å²) in [5.74, 6) is 0.666. The second kappa shape index (κ2) is 9.59. The Balaban J connectivity index is 1.51. The maximum atomic E-state index is 12.0. The van der Waals surface area contributed by atoms with Gasteiger partial charge in [0.1, 0.15) is 11.4 Å². The lowest BCUT2D eigenvalue weighted by atomic mass is 10.2. The van der Waals surface area contributed by atoms with E-state index in [1.807, 2.05) is 43.4 Å². The first-order valence-electron chi connectivity index (χ1n) is 11.4. The largest absolute Gasteiger partial charge is 0.494 e. The molecule has 1 saturated heterocycles. The van der Waals surface area contributed by atoms with Crippen LogP contribution < -0.4 is 15.0 Å². The number of likely N-dealkylation sites (N-methyl/N-ethyl adjacent to an activating group) is 1. The van der Waals surface area contributed by atoms with Crippen molar-refractivity contribution in [3.05, 3.63) is 64.1 Å². The normalized spacial score (nSPS) is 15.6. The first-order valence-corrected chi connectivity index (χ1v) is 11.7. The van der Waals surface area contributed by atoms with E-state index in [0.717, 1.165) is 24.0 Å². The predicted octanol–water partition coefficient (Wildman–Crippen LogP) is 4.25. The van der Waals surface area contributed by atoms with Gasteiger partial charge in [0.15, 0.2) is 0 Å². The molecule has 0 saturated carbocycles. The van der Waals surface area contributed by atoms with Crippen molar-refractivity contribution >= 4 is 40.1 Å². The molecule has 12 heteroatoms. The number of ether oxygens (including phenoxy) is 1. The third-order valence-electron chi connectivity index (χ3n) is 6.40. The van der Waals surface area contributed by atoms with Gasteiger partial charge in [-0.2, -0.15) is 5.10 Å². The lowest BCUT2D eigenvalue weighted by Crippen LogP contribution is -2.31. The highest BCUT2D eigenvalue weighted by Gasteiger charge is 2.30. The highest BCUT2D eigenvalue weighted by Crippen LogP contribution is 2.41. The summed E-state index contributed by atoms with van der Waals surface area (Å²) in [7, 11) is 5.56. The van der Waals surface area contributed by atoms with Gasteiger partial charge < -0.3 is 19.9 Å². The Morgan fingerprint density at radius 3 is 2.83 bits per heavy atom. The first-order chi connectivity index (χ1) is 17.4. The van der Waals surface area contributed by atoms with Crippen LogP contribution in [0.2, 0.25) is 5.02 Å². The summed E-state index contributed by atoms with van der Waals surface area (Å²) in [4.78, 5) is 24.7. The molecule has 3 aromatic heterocycles. The van der Waals surface area contributed by atoms with Crippen LogP contribution in [0, 0.1) is 10.1 Å². The van der Waals surface area contributed by atoms with Crippen LogP contribution in [-0.4, -0.2) is 69.7 Å². The van der Waals surface area contributed by atoms with Gasteiger partial charge in [-0.3, -0.25) is 10.1 Å². The second-order valence-corrected chi connectivity index (χ2v) is 9.16. The number of nitrogens with one attached hydrogen (secondary N) is 1. The van der Waals surface area contributed by atoms with E-state index in [1.165, 1.54) is 19.4 Å². The number of nitro benzene ring substituents is 1. The Labute approximate surface area is 212 Å². The van der Waals surface area contributed by atoms with Gasteiger partial charge >= 0.3 is 0 Å². The van der Waals surface area contributed by atoms with Gasteiger partial charge in [-0.05, 0) is 32.6 Å². The number of methoxy groups -OCH3 is 1. The van der Waals surface area contributed by atoms with Crippen molar-refractivity contribution in [1.82, 2.24) is 24.5 Å². The third-order valence-corrected chi connectivity index (χ3v) is 6.68. The van der Waals surface area contributed by atoms with Crippen LogP contribution in [0.15, 0.2) is 48.9 Å². The second-order valence-electron chi connectivity index (χ2n) is 8.75. The van der Waals surface area contributed by atoms with Crippen molar-refractivity contribution in [2.75, 3.05) is 44.5 Å². The molecule has 186 valence electrons. The molecule has 36 heavy (non-hydrogen) atoms.